The lowest BCUT2D eigenvalue weighted by Crippen LogP contribution is -2.47. The molecule has 2 rings (SSSR count). The third-order valence-electron chi connectivity index (χ3n) is 3.40. The van der Waals surface area contributed by atoms with Crippen LogP contribution in [0.3, 0.4) is 0 Å². The summed E-state index contributed by atoms with van der Waals surface area (Å²) in [6.07, 6.45) is -1.31. The second-order valence-electron chi connectivity index (χ2n) is 7.95. The molecule has 0 aliphatic carbocycles. The van der Waals surface area contributed by atoms with E-state index in [4.69, 9.17) is 25.2 Å². The van der Waals surface area contributed by atoms with E-state index in [1.807, 2.05) is 0 Å². The predicted octanol–water partition coefficient (Wildman–Crippen LogP) is 0.958. The normalized spacial score (nSPS) is 16.1. The number of anilines is 2. The van der Waals surface area contributed by atoms with Crippen LogP contribution >= 0.6 is 0 Å². The lowest BCUT2D eigenvalue weighted by atomic mass is 10.2. The van der Waals surface area contributed by atoms with Crippen molar-refractivity contribution in [2.45, 2.75) is 65.2 Å². The van der Waals surface area contributed by atoms with Crippen LogP contribution in [0.25, 0.3) is 0 Å². The summed E-state index contributed by atoms with van der Waals surface area (Å²) in [4.78, 5) is 28.3. The first-order valence-electron chi connectivity index (χ1n) is 8.34. The molecule has 2 unspecified atom stereocenters. The zero-order valence-corrected chi connectivity index (χ0v) is 16.2. The van der Waals surface area contributed by atoms with Gasteiger partial charge in [-0.25, -0.2) is 11.0 Å². The number of carbonyl (C=O) groups is 2. The minimum atomic E-state index is -1.18. The summed E-state index contributed by atoms with van der Waals surface area (Å²) in [5.74, 6) is 0.309. The summed E-state index contributed by atoms with van der Waals surface area (Å²) in [6, 6.07) is 0. The van der Waals surface area contributed by atoms with Crippen molar-refractivity contribution >= 4 is 24.2 Å². The van der Waals surface area contributed by atoms with Gasteiger partial charge < -0.3 is 9.47 Å². The van der Waals surface area contributed by atoms with Crippen LogP contribution in [0.15, 0.2) is 0 Å². The molecule has 0 spiro atoms. The Bertz CT molecular complexity index is 776. The number of carbonyl (C=O) groups excluding carboxylic acids is 2. The van der Waals surface area contributed by atoms with Gasteiger partial charge in [0.15, 0.2) is 47.6 Å². The van der Waals surface area contributed by atoms with Gasteiger partial charge >= 0.3 is 0 Å². The van der Waals surface area contributed by atoms with Gasteiger partial charge in [-0.1, -0.05) is 0 Å². The van der Waals surface area contributed by atoms with Crippen LogP contribution in [0.1, 0.15) is 54.0 Å². The first kappa shape index (κ1) is 20.8. The van der Waals surface area contributed by atoms with Gasteiger partial charge in [0.1, 0.15) is 0 Å². The summed E-state index contributed by atoms with van der Waals surface area (Å²) in [7, 11) is 0. The molecule has 150 valence electrons. The molecule has 1 aromatic rings. The van der Waals surface area contributed by atoms with Crippen LogP contribution in [0.5, 0.6) is 0 Å². The standard InChI is InChI=1S/C16H26N6O5/c1-15(2,3)25-9(7-23)21-11(17)12(18)22(14-13(21)19-27-20-14)10(8-24)26-16(4,5)6/h7-10,17-20H,1-6H3. The molecule has 1 aromatic heterocycles. The Morgan fingerprint density at radius 2 is 1.19 bits per heavy atom. The number of rotatable bonds is 6. The highest BCUT2D eigenvalue weighted by Crippen LogP contribution is 2.30. The van der Waals surface area contributed by atoms with Crippen LogP contribution in [0, 0.1) is 10.8 Å². The maximum absolute atomic E-state index is 11.6. The Balaban J connectivity index is 2.70. The molecule has 1 aliphatic heterocycles. The first-order valence-corrected chi connectivity index (χ1v) is 8.34. The van der Waals surface area contributed by atoms with E-state index in [1.54, 1.807) is 41.5 Å². The smallest absolute Gasteiger partial charge is 0.194 e. The molecule has 0 bridgehead atoms. The van der Waals surface area contributed by atoms with Gasteiger partial charge in [0.2, 0.25) is 0 Å². The van der Waals surface area contributed by atoms with E-state index >= 15 is 0 Å². The number of hydrogen-bond donors (Lipinski definition) is 4. The molecule has 0 amide bonds. The van der Waals surface area contributed by atoms with Crippen LogP contribution in [0.4, 0.5) is 11.6 Å². The highest BCUT2D eigenvalue weighted by Gasteiger charge is 2.32. The Hall–Kier alpha value is -2.50. The highest BCUT2D eigenvalue weighted by molar-refractivity contribution is 5.67. The summed E-state index contributed by atoms with van der Waals surface area (Å²) in [5.41, 5.74) is 2.99. The van der Waals surface area contributed by atoms with Crippen molar-refractivity contribution in [1.29, 1.82) is 10.8 Å². The van der Waals surface area contributed by atoms with E-state index in [-0.39, 0.29) is 22.6 Å². The second kappa shape index (κ2) is 7.25. The number of aromatic nitrogens is 2. The van der Waals surface area contributed by atoms with E-state index in [0.717, 1.165) is 0 Å². The lowest BCUT2D eigenvalue weighted by Gasteiger charge is -2.29. The van der Waals surface area contributed by atoms with Crippen molar-refractivity contribution in [3.05, 3.63) is 11.0 Å². The zero-order chi connectivity index (χ0) is 20.6. The van der Waals surface area contributed by atoms with E-state index in [0.29, 0.717) is 12.6 Å². The van der Waals surface area contributed by atoms with Gasteiger partial charge in [-0.15, -0.1) is 0 Å². The fourth-order valence-corrected chi connectivity index (χ4v) is 2.51. The van der Waals surface area contributed by atoms with Gasteiger partial charge in [0.05, 0.1) is 11.2 Å². The summed E-state index contributed by atoms with van der Waals surface area (Å²) in [5, 5.41) is 16.7. The Morgan fingerprint density at radius 1 is 0.852 bits per heavy atom. The minimum Gasteiger partial charge on any atom is -0.345 e. The molecule has 11 heteroatoms. The average molecular weight is 382 g/mol. The molecule has 0 aromatic carbocycles. The predicted molar refractivity (Wildman–Crippen MR) is 94.3 cm³/mol. The van der Waals surface area contributed by atoms with Gasteiger partial charge in [0, 0.05) is 0 Å². The first-order chi connectivity index (χ1) is 12.4. The van der Waals surface area contributed by atoms with Gasteiger partial charge in [-0.2, -0.15) is 4.94 Å². The Kier molecular flexibility index (Phi) is 5.59. The number of nitrogens with one attached hydrogen (secondary N) is 4. The number of hydrogen-bond acceptors (Lipinski definition) is 9. The van der Waals surface area contributed by atoms with Crippen molar-refractivity contribution in [3.63, 3.8) is 0 Å². The molecular formula is C16H26N6O5. The molecule has 0 radical (unpaired) electrons. The molecule has 11 nitrogen and oxygen atoms in total. The topological polar surface area (TPSA) is 143 Å². The maximum Gasteiger partial charge on any atom is 0.194 e. The van der Waals surface area contributed by atoms with Crippen molar-refractivity contribution in [2.75, 3.05) is 11.0 Å². The fraction of sp³-hybridized carbons (Fsp3) is 0.625. The summed E-state index contributed by atoms with van der Waals surface area (Å²) >= 11 is 0. The van der Waals surface area contributed by atoms with Gasteiger partial charge in [-0.05, 0) is 41.5 Å². The van der Waals surface area contributed by atoms with E-state index in [2.05, 4.69) is 11.0 Å². The van der Waals surface area contributed by atoms with Crippen LogP contribution in [0.2, 0.25) is 0 Å². The number of ether oxygens (including phenoxy) is 2. The summed E-state index contributed by atoms with van der Waals surface area (Å²) < 4.78 is 13.7. The number of aldehydes is 2. The minimum absolute atomic E-state index is 0.154. The van der Waals surface area contributed by atoms with Crippen molar-refractivity contribution in [1.82, 2.24) is 9.13 Å². The number of fused-ring (bicyclic) bond motifs is 1. The molecule has 0 saturated heterocycles. The van der Waals surface area contributed by atoms with Gasteiger partial charge in [0.25, 0.3) is 0 Å². The third kappa shape index (κ3) is 4.43. The van der Waals surface area contributed by atoms with Crippen LogP contribution in [-0.2, 0) is 24.0 Å². The molecule has 2 atom stereocenters. The van der Waals surface area contributed by atoms with Crippen LogP contribution in [-0.4, -0.2) is 32.9 Å². The quantitative estimate of drug-likeness (QED) is 0.536. The zero-order valence-electron chi connectivity index (χ0n) is 16.2. The van der Waals surface area contributed by atoms with E-state index in [9.17, 15) is 9.59 Å². The highest BCUT2D eigenvalue weighted by atomic mass is 16.8. The maximum atomic E-state index is 11.6. The lowest BCUT2D eigenvalue weighted by molar-refractivity contribution is -0.140. The van der Waals surface area contributed by atoms with E-state index in [1.165, 1.54) is 9.13 Å². The average Bonchev–Trinajstić information content (AvgIpc) is 2.99. The van der Waals surface area contributed by atoms with Crippen LogP contribution < -0.4 is 21.9 Å². The molecular weight excluding hydrogens is 356 g/mol. The van der Waals surface area contributed by atoms with Crippen molar-refractivity contribution in [3.8, 4) is 0 Å². The molecule has 2 heterocycles. The van der Waals surface area contributed by atoms with Gasteiger partial charge in [-0.3, -0.25) is 29.5 Å². The molecule has 4 N–H and O–H groups in total. The molecule has 0 fully saturated rings. The number of nitrogens with zero attached hydrogens (tertiary/aromatic N) is 2. The molecule has 27 heavy (non-hydrogen) atoms. The Morgan fingerprint density at radius 3 is 1.44 bits per heavy atom. The monoisotopic (exact) mass is 382 g/mol. The third-order valence-corrected chi connectivity index (χ3v) is 3.40. The Labute approximate surface area is 156 Å². The largest absolute Gasteiger partial charge is 0.345 e. The summed E-state index contributed by atoms with van der Waals surface area (Å²) in [6.45, 7) is 10.6. The molecule has 1 aliphatic rings. The SMILES string of the molecule is CC(C)(C)OC(C=O)n1c2c(n(C(C=O)OC(C)(C)C)c(=N)c1=N)NON2. The van der Waals surface area contributed by atoms with E-state index < -0.39 is 23.7 Å². The van der Waals surface area contributed by atoms with Crippen molar-refractivity contribution in [2.24, 2.45) is 0 Å². The molecule has 0 saturated carbocycles. The van der Waals surface area contributed by atoms with Crippen molar-refractivity contribution < 1.29 is 24.0 Å². The fourth-order valence-electron chi connectivity index (χ4n) is 2.51. The second-order valence-corrected chi connectivity index (χ2v) is 7.95.